The first-order valence-electron chi connectivity index (χ1n) is 11.8. The van der Waals surface area contributed by atoms with Crippen LogP contribution in [0.15, 0.2) is 54.1 Å². The number of morpholine rings is 1. The molecule has 0 atom stereocenters. The van der Waals surface area contributed by atoms with E-state index >= 15 is 0 Å². The molecular weight excluding hydrogens is 460 g/mol. The van der Waals surface area contributed by atoms with Crippen molar-refractivity contribution >= 4 is 39.8 Å². The lowest BCUT2D eigenvalue weighted by Gasteiger charge is -2.26. The zero-order valence-corrected chi connectivity index (χ0v) is 20.4. The van der Waals surface area contributed by atoms with Crippen LogP contribution in [0.5, 0.6) is 0 Å². The number of nitrogens with zero attached hydrogens (tertiary/aromatic N) is 2. The van der Waals surface area contributed by atoms with Gasteiger partial charge in [0.05, 0.1) is 13.2 Å². The lowest BCUT2D eigenvalue weighted by molar-refractivity contribution is -0.117. The maximum atomic E-state index is 12.2. The zero-order valence-electron chi connectivity index (χ0n) is 19.6. The molecule has 1 aromatic heterocycles. The van der Waals surface area contributed by atoms with Crippen molar-refractivity contribution in [3.05, 3.63) is 59.0 Å². The lowest BCUT2D eigenvalue weighted by atomic mass is 10.1. The van der Waals surface area contributed by atoms with Gasteiger partial charge in [0.25, 0.3) is 5.91 Å². The summed E-state index contributed by atoms with van der Waals surface area (Å²) in [6.07, 6.45) is 2.07. The number of aliphatic hydroxyl groups excluding tert-OH is 1. The fraction of sp³-hybridized carbons (Fsp3) is 0.333. The van der Waals surface area contributed by atoms with Gasteiger partial charge in [-0.25, -0.2) is 0 Å². The number of thiophene rings is 1. The molecule has 1 aliphatic heterocycles. The van der Waals surface area contributed by atoms with Gasteiger partial charge in [0.2, 0.25) is 0 Å². The number of ether oxygens (including phenoxy) is 1. The number of aliphatic hydroxyl groups is 1. The molecule has 0 unspecified atom stereocenters. The number of nitrogens with one attached hydrogen (secondary N) is 2. The number of hydrogen-bond donors (Lipinski definition) is 3. The molecule has 0 saturated carbocycles. The molecule has 1 fully saturated rings. The van der Waals surface area contributed by atoms with Crippen LogP contribution in [0.2, 0.25) is 0 Å². The van der Waals surface area contributed by atoms with E-state index in [4.69, 9.17) is 9.84 Å². The number of hydrogen-bond acceptors (Lipinski definition) is 7. The molecule has 3 aromatic rings. The summed E-state index contributed by atoms with van der Waals surface area (Å²) < 4.78 is 5.40. The minimum absolute atomic E-state index is 0.00131. The Morgan fingerprint density at radius 3 is 2.71 bits per heavy atom. The van der Waals surface area contributed by atoms with Gasteiger partial charge in [-0.2, -0.15) is 5.26 Å². The Labute approximate surface area is 209 Å². The Bertz CT molecular complexity index is 1220. The number of fused-ring (bicyclic) bond motifs is 1. The molecule has 0 spiro atoms. The molecule has 2 heterocycles. The monoisotopic (exact) mass is 490 g/mol. The van der Waals surface area contributed by atoms with Crippen molar-refractivity contribution in [1.82, 2.24) is 10.2 Å². The van der Waals surface area contributed by atoms with E-state index in [-0.39, 0.29) is 12.2 Å². The molecule has 0 radical (unpaired) electrons. The van der Waals surface area contributed by atoms with Crippen LogP contribution in [-0.2, 0) is 9.53 Å². The largest absolute Gasteiger partial charge is 0.396 e. The van der Waals surface area contributed by atoms with Crippen molar-refractivity contribution in [1.29, 1.82) is 5.26 Å². The smallest absolute Gasteiger partial charge is 0.261 e. The molecule has 2 aromatic carbocycles. The number of anilines is 1. The Morgan fingerprint density at radius 2 is 1.91 bits per heavy atom. The van der Waals surface area contributed by atoms with Crippen molar-refractivity contribution in [2.45, 2.75) is 6.42 Å². The van der Waals surface area contributed by atoms with E-state index in [1.54, 1.807) is 6.08 Å². The highest BCUT2D eigenvalue weighted by molar-refractivity contribution is 7.16. The number of amides is 1. The van der Waals surface area contributed by atoms with Crippen molar-refractivity contribution in [3.8, 4) is 16.5 Å². The van der Waals surface area contributed by atoms with Crippen molar-refractivity contribution in [3.63, 3.8) is 0 Å². The van der Waals surface area contributed by atoms with E-state index in [0.29, 0.717) is 13.0 Å². The van der Waals surface area contributed by atoms with Crippen LogP contribution in [-0.4, -0.2) is 68.5 Å². The summed E-state index contributed by atoms with van der Waals surface area (Å²) in [7, 11) is 0. The van der Waals surface area contributed by atoms with Crippen LogP contribution in [0.25, 0.3) is 27.3 Å². The van der Waals surface area contributed by atoms with Crippen molar-refractivity contribution < 1.29 is 14.6 Å². The number of carbonyl (C=O) groups is 1. The fourth-order valence-electron chi connectivity index (χ4n) is 3.94. The first kappa shape index (κ1) is 24.9. The average molecular weight is 491 g/mol. The quantitative estimate of drug-likeness (QED) is 0.228. The molecule has 7 nitrogen and oxygen atoms in total. The number of rotatable bonds is 10. The maximum Gasteiger partial charge on any atom is 0.261 e. The number of carbonyl (C=O) groups excluding carboxylic acids is 1. The molecule has 1 saturated heterocycles. The first-order valence-corrected chi connectivity index (χ1v) is 12.7. The number of benzene rings is 2. The second-order valence-electron chi connectivity index (χ2n) is 8.36. The molecule has 3 N–H and O–H groups in total. The highest BCUT2D eigenvalue weighted by Crippen LogP contribution is 2.32. The van der Waals surface area contributed by atoms with Crippen LogP contribution in [0.4, 0.5) is 5.69 Å². The van der Waals surface area contributed by atoms with Gasteiger partial charge < -0.3 is 20.5 Å². The van der Waals surface area contributed by atoms with E-state index in [1.807, 2.05) is 18.2 Å². The molecule has 182 valence electrons. The molecule has 4 rings (SSSR count). The molecule has 35 heavy (non-hydrogen) atoms. The van der Waals surface area contributed by atoms with Crippen LogP contribution in [0, 0.1) is 11.3 Å². The lowest BCUT2D eigenvalue weighted by Crippen LogP contribution is -2.38. The third-order valence-electron chi connectivity index (χ3n) is 5.88. The highest BCUT2D eigenvalue weighted by atomic mass is 32.1. The van der Waals surface area contributed by atoms with E-state index < -0.39 is 5.91 Å². The summed E-state index contributed by atoms with van der Waals surface area (Å²) in [5.74, 6) is -0.420. The molecule has 8 heteroatoms. The van der Waals surface area contributed by atoms with E-state index in [0.717, 1.165) is 65.8 Å². The predicted molar refractivity (Wildman–Crippen MR) is 141 cm³/mol. The van der Waals surface area contributed by atoms with E-state index in [1.165, 1.54) is 16.7 Å². The molecule has 1 aliphatic rings. The fourth-order valence-corrected chi connectivity index (χ4v) is 4.89. The highest BCUT2D eigenvalue weighted by Gasteiger charge is 2.11. The summed E-state index contributed by atoms with van der Waals surface area (Å²) >= 11 is 1.54. The maximum absolute atomic E-state index is 12.2. The summed E-state index contributed by atoms with van der Waals surface area (Å²) in [6.45, 7) is 5.88. The molecule has 1 amide bonds. The Morgan fingerprint density at radius 1 is 1.11 bits per heavy atom. The average Bonchev–Trinajstić information content (AvgIpc) is 3.36. The molecular formula is C27H30N4O3S. The summed E-state index contributed by atoms with van der Waals surface area (Å²) in [5, 5.41) is 26.7. The summed E-state index contributed by atoms with van der Waals surface area (Å²) in [6, 6.07) is 18.7. The standard InChI is InChI=1S/C27H30N4O3S/c28-19-23(27(33)30-8-1-13-32)18-25-6-7-26(35-25)22-3-2-21-17-24(5-4-20(21)16-22)29-9-10-31-11-14-34-15-12-31/h2-7,16-18,29,32H,1,8-15H2,(H,30,33)/b23-18+. The second kappa shape index (κ2) is 12.5. The van der Waals surface area contributed by atoms with Crippen LogP contribution in [0.1, 0.15) is 11.3 Å². The van der Waals surface area contributed by atoms with Gasteiger partial charge in [-0.3, -0.25) is 9.69 Å². The predicted octanol–water partition coefficient (Wildman–Crippen LogP) is 3.72. The minimum atomic E-state index is -0.420. The Balaban J connectivity index is 1.40. The van der Waals surface area contributed by atoms with Gasteiger partial charge in [0, 0.05) is 54.8 Å². The van der Waals surface area contributed by atoms with Gasteiger partial charge in [-0.15, -0.1) is 11.3 Å². The number of nitriles is 1. The first-order chi connectivity index (χ1) is 17.2. The van der Waals surface area contributed by atoms with Crippen molar-refractivity contribution in [2.75, 3.05) is 57.9 Å². The van der Waals surface area contributed by atoms with Crippen LogP contribution >= 0.6 is 11.3 Å². The SMILES string of the molecule is N#C/C(=C\c1ccc(-c2ccc3cc(NCCN4CCOCC4)ccc3c2)s1)C(=O)NCCCO. The normalized spacial score (nSPS) is 14.6. The Hall–Kier alpha value is -3.22. The third-order valence-corrected chi connectivity index (χ3v) is 6.97. The van der Waals surface area contributed by atoms with E-state index in [2.05, 4.69) is 51.9 Å². The Kier molecular flexibility index (Phi) is 8.87. The third kappa shape index (κ3) is 6.90. The van der Waals surface area contributed by atoms with Gasteiger partial charge in [-0.05, 0) is 59.2 Å². The van der Waals surface area contributed by atoms with Gasteiger partial charge in [-0.1, -0.05) is 18.2 Å². The second-order valence-corrected chi connectivity index (χ2v) is 9.48. The van der Waals surface area contributed by atoms with Gasteiger partial charge >= 0.3 is 0 Å². The summed E-state index contributed by atoms with van der Waals surface area (Å²) in [5.41, 5.74) is 2.27. The minimum Gasteiger partial charge on any atom is -0.396 e. The molecule has 0 bridgehead atoms. The molecule has 0 aliphatic carbocycles. The topological polar surface area (TPSA) is 97.6 Å². The van der Waals surface area contributed by atoms with Gasteiger partial charge in [0.15, 0.2) is 0 Å². The van der Waals surface area contributed by atoms with Crippen LogP contribution < -0.4 is 10.6 Å². The van der Waals surface area contributed by atoms with Crippen molar-refractivity contribution in [2.24, 2.45) is 0 Å². The summed E-state index contributed by atoms with van der Waals surface area (Å²) in [4.78, 5) is 16.5. The van der Waals surface area contributed by atoms with Gasteiger partial charge in [0.1, 0.15) is 11.6 Å². The van der Waals surface area contributed by atoms with E-state index in [9.17, 15) is 10.1 Å². The zero-order chi connectivity index (χ0) is 24.5. The van der Waals surface area contributed by atoms with Crippen LogP contribution in [0.3, 0.4) is 0 Å².